The monoisotopic (exact) mass is 346 g/mol. The molecule has 2 N–H and O–H groups in total. The average Bonchev–Trinajstić information content (AvgIpc) is 3.04. The molecular weight excluding hydrogens is 328 g/mol. The number of H-pyrrole nitrogens is 1. The summed E-state index contributed by atoms with van der Waals surface area (Å²) in [5.41, 5.74) is 3.30. The predicted octanol–water partition coefficient (Wildman–Crippen LogP) is 2.14. The highest BCUT2D eigenvalue weighted by atomic mass is 35.5. The second-order valence-corrected chi connectivity index (χ2v) is 6.42. The van der Waals surface area contributed by atoms with Gasteiger partial charge in [0.05, 0.1) is 28.9 Å². The maximum Gasteiger partial charge on any atom is 0.229 e. The molecule has 2 aromatic rings. The van der Waals surface area contributed by atoms with Crippen LogP contribution in [-0.2, 0) is 16.0 Å². The molecule has 2 amide bonds. The number of carbonyl (C=O) groups excluding carboxylic acids is 2. The lowest BCUT2D eigenvalue weighted by atomic mass is 10.1. The standard InChI is InChI=1S/C17H19ClN4O2/c1-10-13(11(2)21-20-10)8-16(23)19-12-7-17(24)22(9-12)15-6-4-3-5-14(15)18/h3-6,12H,7-9H2,1-2H3,(H,19,23)(H,20,21)/t12-/m1/s1. The molecule has 0 aliphatic carbocycles. The molecule has 6 nitrogen and oxygen atoms in total. The van der Waals surface area contributed by atoms with E-state index >= 15 is 0 Å². The normalized spacial score (nSPS) is 17.4. The topological polar surface area (TPSA) is 78.1 Å². The number of para-hydroxylation sites is 1. The molecule has 1 saturated heterocycles. The summed E-state index contributed by atoms with van der Waals surface area (Å²) in [5.74, 6) is -0.148. The van der Waals surface area contributed by atoms with Crippen molar-refractivity contribution >= 4 is 29.1 Å². The molecule has 0 radical (unpaired) electrons. The van der Waals surface area contributed by atoms with Gasteiger partial charge in [-0.15, -0.1) is 0 Å². The number of amides is 2. The molecule has 0 unspecified atom stereocenters. The van der Waals surface area contributed by atoms with Gasteiger partial charge in [-0.05, 0) is 26.0 Å². The molecule has 1 aromatic carbocycles. The Hall–Kier alpha value is -2.34. The fourth-order valence-electron chi connectivity index (χ4n) is 2.98. The smallest absolute Gasteiger partial charge is 0.229 e. The van der Waals surface area contributed by atoms with E-state index in [-0.39, 0.29) is 30.7 Å². The van der Waals surface area contributed by atoms with E-state index in [1.165, 1.54) is 0 Å². The minimum absolute atomic E-state index is 0.0379. The number of rotatable bonds is 4. The number of hydrogen-bond acceptors (Lipinski definition) is 3. The molecule has 1 fully saturated rings. The average molecular weight is 347 g/mol. The number of nitrogens with one attached hydrogen (secondary N) is 2. The maximum atomic E-state index is 12.3. The maximum absolute atomic E-state index is 12.3. The first-order valence-corrected chi connectivity index (χ1v) is 8.18. The van der Waals surface area contributed by atoms with Gasteiger partial charge < -0.3 is 10.2 Å². The van der Waals surface area contributed by atoms with Crippen molar-refractivity contribution in [3.8, 4) is 0 Å². The Morgan fingerprint density at radius 2 is 2.17 bits per heavy atom. The van der Waals surface area contributed by atoms with E-state index in [1.54, 1.807) is 11.0 Å². The van der Waals surface area contributed by atoms with Crippen molar-refractivity contribution in [2.24, 2.45) is 0 Å². The van der Waals surface area contributed by atoms with E-state index < -0.39 is 0 Å². The van der Waals surface area contributed by atoms with Gasteiger partial charge in [-0.25, -0.2) is 0 Å². The van der Waals surface area contributed by atoms with Crippen LogP contribution in [0.3, 0.4) is 0 Å². The third kappa shape index (κ3) is 3.28. The third-order valence-electron chi connectivity index (χ3n) is 4.25. The molecule has 0 spiro atoms. The number of carbonyl (C=O) groups is 2. The lowest BCUT2D eigenvalue weighted by Gasteiger charge is -2.18. The van der Waals surface area contributed by atoms with Crippen LogP contribution in [0.15, 0.2) is 24.3 Å². The first kappa shape index (κ1) is 16.5. The minimum Gasteiger partial charge on any atom is -0.351 e. The SMILES string of the molecule is Cc1n[nH]c(C)c1CC(=O)N[C@@H]1CC(=O)N(c2ccccc2Cl)C1. The van der Waals surface area contributed by atoms with Gasteiger partial charge in [-0.1, -0.05) is 23.7 Å². The van der Waals surface area contributed by atoms with Gasteiger partial charge >= 0.3 is 0 Å². The number of benzene rings is 1. The van der Waals surface area contributed by atoms with Gasteiger partial charge in [0.25, 0.3) is 0 Å². The molecule has 3 rings (SSSR count). The number of aromatic nitrogens is 2. The van der Waals surface area contributed by atoms with Gasteiger partial charge in [-0.2, -0.15) is 5.10 Å². The van der Waals surface area contributed by atoms with Crippen molar-refractivity contribution in [1.82, 2.24) is 15.5 Å². The Bertz CT molecular complexity index is 767. The quantitative estimate of drug-likeness (QED) is 0.890. The summed E-state index contributed by atoms with van der Waals surface area (Å²) in [6.07, 6.45) is 0.533. The highest BCUT2D eigenvalue weighted by molar-refractivity contribution is 6.33. The van der Waals surface area contributed by atoms with Crippen LogP contribution < -0.4 is 10.2 Å². The summed E-state index contributed by atoms with van der Waals surface area (Å²) in [7, 11) is 0. The molecule has 1 aromatic heterocycles. The van der Waals surface area contributed by atoms with Crippen molar-refractivity contribution < 1.29 is 9.59 Å². The molecule has 24 heavy (non-hydrogen) atoms. The number of nitrogens with zero attached hydrogens (tertiary/aromatic N) is 2. The van der Waals surface area contributed by atoms with Crippen LogP contribution in [0.2, 0.25) is 5.02 Å². The second kappa shape index (κ2) is 6.65. The molecule has 1 aliphatic heterocycles. The summed E-state index contributed by atoms with van der Waals surface area (Å²) in [6, 6.07) is 7.00. The molecule has 2 heterocycles. The summed E-state index contributed by atoms with van der Waals surface area (Å²) in [4.78, 5) is 26.2. The van der Waals surface area contributed by atoms with Crippen LogP contribution >= 0.6 is 11.6 Å². The largest absolute Gasteiger partial charge is 0.351 e. The molecule has 1 atom stereocenters. The number of anilines is 1. The van der Waals surface area contributed by atoms with Crippen LogP contribution in [0.5, 0.6) is 0 Å². The van der Waals surface area contributed by atoms with Crippen molar-refractivity contribution in [1.29, 1.82) is 0 Å². The summed E-state index contributed by atoms with van der Waals surface area (Å²) >= 11 is 6.16. The zero-order valence-electron chi connectivity index (χ0n) is 13.6. The predicted molar refractivity (Wildman–Crippen MR) is 92.1 cm³/mol. The first-order chi connectivity index (χ1) is 11.5. The minimum atomic E-state index is -0.214. The summed E-state index contributed by atoms with van der Waals surface area (Å²) in [5, 5.41) is 10.4. The van der Waals surface area contributed by atoms with Crippen molar-refractivity contribution in [2.45, 2.75) is 32.7 Å². The first-order valence-electron chi connectivity index (χ1n) is 7.80. The van der Waals surface area contributed by atoms with E-state index in [0.29, 0.717) is 17.3 Å². The number of aromatic amines is 1. The van der Waals surface area contributed by atoms with E-state index in [0.717, 1.165) is 17.0 Å². The Labute approximate surface area is 145 Å². The zero-order chi connectivity index (χ0) is 17.3. The van der Waals surface area contributed by atoms with Crippen molar-refractivity contribution in [3.05, 3.63) is 46.2 Å². The zero-order valence-corrected chi connectivity index (χ0v) is 14.4. The van der Waals surface area contributed by atoms with Crippen molar-refractivity contribution in [2.75, 3.05) is 11.4 Å². The molecule has 7 heteroatoms. The molecule has 1 aliphatic rings. The van der Waals surface area contributed by atoms with Crippen molar-refractivity contribution in [3.63, 3.8) is 0 Å². The fourth-order valence-corrected chi connectivity index (χ4v) is 3.22. The van der Waals surface area contributed by atoms with Gasteiger partial charge in [0.2, 0.25) is 11.8 Å². The van der Waals surface area contributed by atoms with E-state index in [4.69, 9.17) is 11.6 Å². The van der Waals surface area contributed by atoms with Crippen LogP contribution in [0.4, 0.5) is 5.69 Å². The summed E-state index contributed by atoms with van der Waals surface area (Å²) in [6.45, 7) is 4.18. The highest BCUT2D eigenvalue weighted by Crippen LogP contribution is 2.29. The fraction of sp³-hybridized carbons (Fsp3) is 0.353. The molecule has 126 valence electrons. The Kier molecular flexibility index (Phi) is 4.57. The van der Waals surface area contributed by atoms with E-state index in [2.05, 4.69) is 15.5 Å². The van der Waals surface area contributed by atoms with Crippen LogP contribution in [0.25, 0.3) is 0 Å². The Morgan fingerprint density at radius 1 is 1.42 bits per heavy atom. The van der Waals surface area contributed by atoms with Crippen LogP contribution in [0, 0.1) is 13.8 Å². The van der Waals surface area contributed by atoms with E-state index in [1.807, 2.05) is 32.0 Å². The van der Waals surface area contributed by atoms with Crippen LogP contribution in [-0.4, -0.2) is 34.6 Å². The Morgan fingerprint density at radius 3 is 2.83 bits per heavy atom. The number of halogens is 1. The van der Waals surface area contributed by atoms with Gasteiger partial charge in [0, 0.05) is 24.2 Å². The molecular formula is C17H19ClN4O2. The van der Waals surface area contributed by atoms with Gasteiger partial charge in [-0.3, -0.25) is 14.7 Å². The van der Waals surface area contributed by atoms with E-state index in [9.17, 15) is 9.59 Å². The van der Waals surface area contributed by atoms with Gasteiger partial charge in [0.15, 0.2) is 0 Å². The lowest BCUT2D eigenvalue weighted by Crippen LogP contribution is -2.38. The third-order valence-corrected chi connectivity index (χ3v) is 4.57. The second-order valence-electron chi connectivity index (χ2n) is 6.01. The number of aryl methyl sites for hydroxylation is 2. The van der Waals surface area contributed by atoms with Gasteiger partial charge in [0.1, 0.15) is 0 Å². The Balaban J connectivity index is 1.64. The lowest BCUT2D eigenvalue weighted by molar-refractivity contribution is -0.121. The molecule has 0 bridgehead atoms. The molecule has 0 saturated carbocycles. The summed E-state index contributed by atoms with van der Waals surface area (Å²) < 4.78 is 0. The number of hydrogen-bond donors (Lipinski definition) is 2. The highest BCUT2D eigenvalue weighted by Gasteiger charge is 2.32. The van der Waals surface area contributed by atoms with Crippen LogP contribution in [0.1, 0.15) is 23.4 Å².